The zero-order chi connectivity index (χ0) is 38.2. The lowest BCUT2D eigenvalue weighted by molar-refractivity contribution is -0.161. The highest BCUT2D eigenvalue weighted by molar-refractivity contribution is 7.47. The van der Waals surface area contributed by atoms with E-state index in [1.165, 1.54) is 57.8 Å². The Bertz CT molecular complexity index is 996. The number of rotatable bonds is 38. The summed E-state index contributed by atoms with van der Waals surface area (Å²) in [6, 6.07) is 0. The summed E-state index contributed by atoms with van der Waals surface area (Å²) in [6.45, 7) is 3.63. The molecule has 0 radical (unpaired) electrons. The van der Waals surface area contributed by atoms with Crippen molar-refractivity contribution in [1.29, 1.82) is 0 Å². The van der Waals surface area contributed by atoms with Crippen LogP contribution in [0.4, 0.5) is 0 Å². The van der Waals surface area contributed by atoms with Gasteiger partial charge in [0.25, 0.3) is 0 Å². The van der Waals surface area contributed by atoms with Gasteiger partial charge < -0.3 is 20.1 Å². The maximum atomic E-state index is 12.6. The second-order valence-electron chi connectivity index (χ2n) is 13.5. The van der Waals surface area contributed by atoms with Gasteiger partial charge in [-0.15, -0.1) is 0 Å². The third-order valence-electron chi connectivity index (χ3n) is 8.44. The van der Waals surface area contributed by atoms with Gasteiger partial charge >= 0.3 is 19.8 Å². The van der Waals surface area contributed by atoms with Crippen LogP contribution in [0.1, 0.15) is 174 Å². The van der Waals surface area contributed by atoms with Crippen molar-refractivity contribution in [2.75, 3.05) is 26.4 Å². The molecule has 9 nitrogen and oxygen atoms in total. The van der Waals surface area contributed by atoms with Gasteiger partial charge in [-0.3, -0.25) is 18.6 Å². The van der Waals surface area contributed by atoms with Crippen molar-refractivity contribution in [2.24, 2.45) is 5.73 Å². The molecule has 0 saturated heterocycles. The Morgan fingerprint density at radius 2 is 1.02 bits per heavy atom. The summed E-state index contributed by atoms with van der Waals surface area (Å²) in [5.74, 6) is -0.856. The fourth-order valence-corrected chi connectivity index (χ4v) is 6.09. The third kappa shape index (κ3) is 37.7. The van der Waals surface area contributed by atoms with Gasteiger partial charge in [-0.1, -0.05) is 140 Å². The quantitative estimate of drug-likeness (QED) is 0.0273. The van der Waals surface area contributed by atoms with Gasteiger partial charge in [0.05, 0.1) is 13.2 Å². The molecule has 0 saturated carbocycles. The van der Waals surface area contributed by atoms with E-state index in [0.717, 1.165) is 77.0 Å². The molecule has 0 fully saturated rings. The van der Waals surface area contributed by atoms with E-state index < -0.39 is 32.5 Å². The summed E-state index contributed by atoms with van der Waals surface area (Å²) in [5.41, 5.74) is 5.34. The van der Waals surface area contributed by atoms with Crippen LogP contribution >= 0.6 is 7.82 Å². The first-order valence-corrected chi connectivity index (χ1v) is 22.1. The Morgan fingerprint density at radius 3 is 1.52 bits per heavy atom. The van der Waals surface area contributed by atoms with E-state index in [1.807, 2.05) is 0 Å². The molecule has 0 aromatic heterocycles. The predicted molar refractivity (Wildman–Crippen MR) is 215 cm³/mol. The summed E-state index contributed by atoms with van der Waals surface area (Å²) in [4.78, 5) is 34.8. The zero-order valence-electron chi connectivity index (χ0n) is 33.0. The van der Waals surface area contributed by atoms with E-state index in [4.69, 9.17) is 24.3 Å². The van der Waals surface area contributed by atoms with Crippen LogP contribution in [0.2, 0.25) is 0 Å². The summed E-state index contributed by atoms with van der Waals surface area (Å²) >= 11 is 0. The number of hydrogen-bond acceptors (Lipinski definition) is 8. The molecule has 2 atom stereocenters. The van der Waals surface area contributed by atoms with E-state index in [2.05, 4.69) is 62.5 Å². The number of ether oxygens (including phenoxy) is 2. The van der Waals surface area contributed by atoms with Crippen molar-refractivity contribution >= 4 is 19.8 Å². The van der Waals surface area contributed by atoms with Crippen molar-refractivity contribution in [3.05, 3.63) is 48.6 Å². The van der Waals surface area contributed by atoms with Crippen LogP contribution in [0.3, 0.4) is 0 Å². The summed E-state index contributed by atoms with van der Waals surface area (Å²) in [5, 5.41) is 0. The first kappa shape index (κ1) is 50.0. The highest BCUT2D eigenvalue weighted by Gasteiger charge is 2.25. The van der Waals surface area contributed by atoms with Crippen LogP contribution in [0.25, 0.3) is 0 Å². The number of nitrogens with two attached hydrogens (primary N) is 1. The fraction of sp³-hybridized carbons (Fsp3) is 0.762. The molecule has 10 heteroatoms. The Morgan fingerprint density at radius 1 is 0.577 bits per heavy atom. The highest BCUT2D eigenvalue weighted by atomic mass is 31.2. The maximum Gasteiger partial charge on any atom is 0.472 e. The molecule has 0 aromatic rings. The lowest BCUT2D eigenvalue weighted by Gasteiger charge is -2.19. The van der Waals surface area contributed by atoms with E-state index in [1.54, 1.807) is 0 Å². The van der Waals surface area contributed by atoms with Gasteiger partial charge in [0.1, 0.15) is 6.61 Å². The summed E-state index contributed by atoms with van der Waals surface area (Å²) in [7, 11) is -4.38. The Labute approximate surface area is 317 Å². The Kier molecular flexibility index (Phi) is 37.2. The number of carbonyl (C=O) groups is 2. The average molecular weight is 754 g/mol. The predicted octanol–water partition coefficient (Wildman–Crippen LogP) is 11.6. The van der Waals surface area contributed by atoms with Gasteiger partial charge in [0.2, 0.25) is 0 Å². The first-order valence-electron chi connectivity index (χ1n) is 20.6. The van der Waals surface area contributed by atoms with Gasteiger partial charge in [-0.25, -0.2) is 4.57 Å². The first-order chi connectivity index (χ1) is 25.3. The monoisotopic (exact) mass is 754 g/mol. The van der Waals surface area contributed by atoms with Crippen molar-refractivity contribution < 1.29 is 37.6 Å². The number of carbonyl (C=O) groups excluding carboxylic acids is 2. The lowest BCUT2D eigenvalue weighted by atomic mass is 10.1. The number of unbranched alkanes of at least 4 members (excludes halogenated alkanes) is 17. The molecule has 0 heterocycles. The molecule has 52 heavy (non-hydrogen) atoms. The number of phosphoric acid groups is 1. The number of allylic oxidation sites excluding steroid dienone is 8. The topological polar surface area (TPSA) is 134 Å². The zero-order valence-corrected chi connectivity index (χ0v) is 33.9. The maximum absolute atomic E-state index is 12.6. The third-order valence-corrected chi connectivity index (χ3v) is 9.42. The van der Waals surface area contributed by atoms with Crippen LogP contribution in [-0.2, 0) is 32.7 Å². The number of phosphoric ester groups is 1. The average Bonchev–Trinajstić information content (AvgIpc) is 3.13. The smallest absolute Gasteiger partial charge is 0.462 e. The van der Waals surface area contributed by atoms with E-state index in [9.17, 15) is 19.0 Å². The second-order valence-corrected chi connectivity index (χ2v) is 14.9. The molecule has 0 aliphatic rings. The molecule has 0 spiro atoms. The molecule has 0 aliphatic carbocycles. The Hall–Kier alpha value is -2.03. The minimum atomic E-state index is -4.38. The van der Waals surface area contributed by atoms with Crippen molar-refractivity contribution in [3.63, 3.8) is 0 Å². The molecule has 0 amide bonds. The molecule has 2 unspecified atom stereocenters. The molecule has 0 aliphatic heterocycles. The molecule has 3 N–H and O–H groups in total. The SMILES string of the molecule is CCCC/C=C\C/C=C\CCCCCCCC(=O)OCC(COP(=O)(O)OCCN)OC(=O)CCCCCCCCC/C=C\C/C=C\CCCCC. The van der Waals surface area contributed by atoms with Crippen molar-refractivity contribution in [3.8, 4) is 0 Å². The summed E-state index contributed by atoms with van der Waals surface area (Å²) in [6.07, 6.45) is 42.7. The van der Waals surface area contributed by atoms with Crippen LogP contribution in [-0.4, -0.2) is 49.3 Å². The van der Waals surface area contributed by atoms with E-state index in [0.29, 0.717) is 12.8 Å². The van der Waals surface area contributed by atoms with E-state index >= 15 is 0 Å². The largest absolute Gasteiger partial charge is 0.472 e. The second kappa shape index (κ2) is 38.7. The number of hydrogen-bond donors (Lipinski definition) is 2. The number of esters is 2. The molecule has 0 bridgehead atoms. The van der Waals surface area contributed by atoms with Crippen LogP contribution in [0.5, 0.6) is 0 Å². The minimum absolute atomic E-state index is 0.0484. The van der Waals surface area contributed by atoms with Gasteiger partial charge in [0, 0.05) is 19.4 Å². The van der Waals surface area contributed by atoms with Crippen molar-refractivity contribution in [1.82, 2.24) is 0 Å². The van der Waals surface area contributed by atoms with Gasteiger partial charge in [-0.05, 0) is 70.6 Å². The van der Waals surface area contributed by atoms with Crippen LogP contribution in [0, 0.1) is 0 Å². The van der Waals surface area contributed by atoms with Gasteiger partial charge in [-0.2, -0.15) is 0 Å². The van der Waals surface area contributed by atoms with Crippen LogP contribution < -0.4 is 5.73 Å². The Balaban J connectivity index is 4.22. The normalized spacial score (nSPS) is 13.8. The molecular weight excluding hydrogens is 677 g/mol. The van der Waals surface area contributed by atoms with Gasteiger partial charge in [0.15, 0.2) is 6.10 Å². The molecule has 0 rings (SSSR count). The molecule has 302 valence electrons. The molecular formula is C42H76NO8P. The standard InChI is InChI=1S/C42H76NO8P/c1-3-5-7-9-11-13-15-17-19-20-21-23-25-27-29-31-33-35-42(45)51-40(39-50-52(46,47)49-37-36-43)38-48-41(44)34-32-30-28-26-24-22-18-16-14-12-10-8-6-4-2/h10-13,16-19,40H,3-9,14-15,20-39,43H2,1-2H3,(H,46,47)/b12-10-,13-11-,18-16-,19-17-. The highest BCUT2D eigenvalue weighted by Crippen LogP contribution is 2.43. The minimum Gasteiger partial charge on any atom is -0.462 e. The summed E-state index contributed by atoms with van der Waals surface area (Å²) < 4.78 is 32.7. The van der Waals surface area contributed by atoms with Crippen LogP contribution in [0.15, 0.2) is 48.6 Å². The van der Waals surface area contributed by atoms with Crippen molar-refractivity contribution in [2.45, 2.75) is 180 Å². The fourth-order valence-electron chi connectivity index (χ4n) is 5.33. The molecule has 0 aromatic carbocycles. The van der Waals surface area contributed by atoms with E-state index in [-0.39, 0.29) is 32.6 Å². The lowest BCUT2D eigenvalue weighted by Crippen LogP contribution is -2.29.